The first-order valence-corrected chi connectivity index (χ1v) is 10.8. The van der Waals surface area contributed by atoms with Crippen molar-refractivity contribution in [3.8, 4) is 5.75 Å². The third kappa shape index (κ3) is 6.32. The fourth-order valence-corrected chi connectivity index (χ4v) is 3.48. The third-order valence-corrected chi connectivity index (χ3v) is 5.14. The monoisotopic (exact) mass is 457 g/mol. The van der Waals surface area contributed by atoms with Gasteiger partial charge >= 0.3 is 11.6 Å². The van der Waals surface area contributed by atoms with Gasteiger partial charge in [-0.3, -0.25) is 4.79 Å². The largest absolute Gasteiger partial charge is 0.482 e. The van der Waals surface area contributed by atoms with Gasteiger partial charge in [0.2, 0.25) is 0 Å². The number of esters is 1. The Morgan fingerprint density at radius 3 is 2.32 bits per heavy atom. The molecular formula is C27H23NO6. The molecule has 7 nitrogen and oxygen atoms in total. The number of hydrogen-bond donors (Lipinski definition) is 1. The second-order valence-corrected chi connectivity index (χ2v) is 7.62. The van der Waals surface area contributed by atoms with Crippen molar-refractivity contribution in [3.05, 3.63) is 113 Å². The molecule has 0 aliphatic heterocycles. The molecule has 3 aromatic carbocycles. The van der Waals surface area contributed by atoms with Crippen molar-refractivity contribution >= 4 is 22.8 Å². The summed E-state index contributed by atoms with van der Waals surface area (Å²) < 4.78 is 15.6. The van der Waals surface area contributed by atoms with Crippen molar-refractivity contribution < 1.29 is 23.5 Å². The Morgan fingerprint density at radius 2 is 1.56 bits per heavy atom. The van der Waals surface area contributed by atoms with E-state index in [-0.39, 0.29) is 12.6 Å². The van der Waals surface area contributed by atoms with Crippen LogP contribution in [0, 0.1) is 0 Å². The first kappa shape index (κ1) is 22.8. The molecule has 0 fully saturated rings. The number of benzene rings is 3. The minimum atomic E-state index is -0.691. The van der Waals surface area contributed by atoms with E-state index in [1.54, 1.807) is 18.2 Å². The van der Waals surface area contributed by atoms with E-state index in [2.05, 4.69) is 5.32 Å². The Bertz CT molecular complexity index is 1320. The van der Waals surface area contributed by atoms with Crippen LogP contribution in [-0.2, 0) is 20.7 Å². The highest BCUT2D eigenvalue weighted by Crippen LogP contribution is 2.20. The van der Waals surface area contributed by atoms with Crippen molar-refractivity contribution in [2.75, 3.05) is 13.2 Å². The average molecular weight is 457 g/mol. The van der Waals surface area contributed by atoms with Gasteiger partial charge in [-0.2, -0.15) is 0 Å². The summed E-state index contributed by atoms with van der Waals surface area (Å²) in [5.41, 5.74) is 1.91. The zero-order valence-corrected chi connectivity index (χ0v) is 18.3. The summed E-state index contributed by atoms with van der Waals surface area (Å²) in [6, 6.07) is 27.0. The molecule has 0 aliphatic carbocycles. The normalized spacial score (nSPS) is 11.5. The van der Waals surface area contributed by atoms with Gasteiger partial charge in [-0.25, -0.2) is 9.59 Å². The van der Waals surface area contributed by atoms with Crippen LogP contribution in [0.4, 0.5) is 0 Å². The molecule has 1 N–H and O–H groups in total. The molecule has 0 spiro atoms. The Morgan fingerprint density at radius 1 is 0.853 bits per heavy atom. The Balaban J connectivity index is 1.30. The SMILES string of the molecule is O=C(COC(=O)COc1ccc2ccc(=O)oc2c1)NC(Cc1ccccc1)c1ccccc1. The Hall–Kier alpha value is -4.39. The number of hydrogen-bond acceptors (Lipinski definition) is 6. The molecule has 1 unspecified atom stereocenters. The molecule has 0 aliphatic rings. The summed E-state index contributed by atoms with van der Waals surface area (Å²) in [7, 11) is 0. The number of carbonyl (C=O) groups is 2. The molecule has 1 atom stereocenters. The molecular weight excluding hydrogens is 434 g/mol. The van der Waals surface area contributed by atoms with E-state index >= 15 is 0 Å². The molecule has 0 bridgehead atoms. The zero-order valence-electron chi connectivity index (χ0n) is 18.3. The molecule has 0 saturated heterocycles. The van der Waals surface area contributed by atoms with Gasteiger partial charge in [0.15, 0.2) is 13.2 Å². The molecule has 172 valence electrons. The van der Waals surface area contributed by atoms with Gasteiger partial charge < -0.3 is 19.2 Å². The molecule has 0 radical (unpaired) electrons. The second kappa shape index (κ2) is 11.0. The highest BCUT2D eigenvalue weighted by atomic mass is 16.6. The van der Waals surface area contributed by atoms with E-state index < -0.39 is 24.1 Å². The van der Waals surface area contributed by atoms with Crippen LogP contribution in [0.25, 0.3) is 11.0 Å². The number of amides is 1. The average Bonchev–Trinajstić information content (AvgIpc) is 2.86. The zero-order chi connectivity index (χ0) is 23.8. The molecule has 34 heavy (non-hydrogen) atoms. The van der Waals surface area contributed by atoms with Crippen molar-refractivity contribution in [2.45, 2.75) is 12.5 Å². The van der Waals surface area contributed by atoms with Crippen LogP contribution in [-0.4, -0.2) is 25.1 Å². The predicted molar refractivity (Wildman–Crippen MR) is 126 cm³/mol. The maximum atomic E-state index is 12.5. The minimum absolute atomic E-state index is 0.265. The van der Waals surface area contributed by atoms with Gasteiger partial charge in [0.05, 0.1) is 6.04 Å². The van der Waals surface area contributed by atoms with Crippen molar-refractivity contribution in [1.29, 1.82) is 0 Å². The highest BCUT2D eigenvalue weighted by molar-refractivity contribution is 5.81. The lowest BCUT2D eigenvalue weighted by molar-refractivity contribution is -0.150. The van der Waals surface area contributed by atoms with Crippen LogP contribution < -0.4 is 15.7 Å². The number of rotatable bonds is 9. The lowest BCUT2D eigenvalue weighted by Crippen LogP contribution is -2.34. The van der Waals surface area contributed by atoms with Crippen LogP contribution in [0.5, 0.6) is 5.75 Å². The fourth-order valence-electron chi connectivity index (χ4n) is 3.48. The van der Waals surface area contributed by atoms with Crippen LogP contribution >= 0.6 is 0 Å². The molecule has 1 aromatic heterocycles. The summed E-state index contributed by atoms with van der Waals surface area (Å²) in [4.78, 5) is 35.9. The van der Waals surface area contributed by atoms with E-state index in [1.807, 2.05) is 60.7 Å². The molecule has 1 amide bonds. The summed E-state index contributed by atoms with van der Waals surface area (Å²) in [5, 5.41) is 3.67. The van der Waals surface area contributed by atoms with E-state index in [0.717, 1.165) is 16.5 Å². The lowest BCUT2D eigenvalue weighted by atomic mass is 9.99. The molecule has 0 saturated carbocycles. The molecule has 7 heteroatoms. The quantitative estimate of drug-likeness (QED) is 0.303. The Kier molecular flexibility index (Phi) is 7.35. The summed E-state index contributed by atoms with van der Waals surface area (Å²) in [5.74, 6) is -0.759. The fraction of sp³-hybridized carbons (Fsp3) is 0.148. The summed E-state index contributed by atoms with van der Waals surface area (Å²) >= 11 is 0. The number of fused-ring (bicyclic) bond motifs is 1. The predicted octanol–water partition coefficient (Wildman–Crippen LogP) is 3.82. The van der Waals surface area contributed by atoms with E-state index in [0.29, 0.717) is 17.8 Å². The van der Waals surface area contributed by atoms with Gasteiger partial charge in [-0.05, 0) is 35.7 Å². The smallest absolute Gasteiger partial charge is 0.344 e. The van der Waals surface area contributed by atoms with E-state index in [9.17, 15) is 14.4 Å². The van der Waals surface area contributed by atoms with Gasteiger partial charge in [-0.1, -0.05) is 60.7 Å². The number of ether oxygens (including phenoxy) is 2. The molecule has 1 heterocycles. The van der Waals surface area contributed by atoms with Crippen LogP contribution in [0.15, 0.2) is 100 Å². The summed E-state index contributed by atoms with van der Waals surface area (Å²) in [6.45, 7) is -0.811. The van der Waals surface area contributed by atoms with Gasteiger partial charge in [0, 0.05) is 17.5 Å². The third-order valence-electron chi connectivity index (χ3n) is 5.14. The van der Waals surface area contributed by atoms with Crippen molar-refractivity contribution in [3.63, 3.8) is 0 Å². The maximum Gasteiger partial charge on any atom is 0.344 e. The summed E-state index contributed by atoms with van der Waals surface area (Å²) in [6.07, 6.45) is 0.603. The van der Waals surface area contributed by atoms with E-state index in [4.69, 9.17) is 13.9 Å². The number of nitrogens with one attached hydrogen (secondary N) is 1. The number of carbonyl (C=O) groups excluding carboxylic acids is 2. The van der Waals surface area contributed by atoms with Gasteiger partial charge in [-0.15, -0.1) is 0 Å². The minimum Gasteiger partial charge on any atom is -0.482 e. The van der Waals surface area contributed by atoms with Crippen LogP contribution in [0.1, 0.15) is 17.2 Å². The second-order valence-electron chi connectivity index (χ2n) is 7.62. The topological polar surface area (TPSA) is 94.8 Å². The standard InChI is InChI=1S/C27H23NO6/c29-25(28-23(20-9-5-2-6-10-20)15-19-7-3-1-4-8-19)17-33-27(31)18-32-22-13-11-21-12-14-26(30)34-24(21)16-22/h1-14,16,23H,15,17-18H2,(H,28,29). The van der Waals surface area contributed by atoms with E-state index in [1.165, 1.54) is 12.1 Å². The van der Waals surface area contributed by atoms with Crippen LogP contribution in [0.2, 0.25) is 0 Å². The Labute approximate surface area is 195 Å². The lowest BCUT2D eigenvalue weighted by Gasteiger charge is -2.19. The maximum absolute atomic E-state index is 12.5. The molecule has 4 rings (SSSR count). The van der Waals surface area contributed by atoms with Crippen LogP contribution in [0.3, 0.4) is 0 Å². The van der Waals surface area contributed by atoms with Crippen molar-refractivity contribution in [2.24, 2.45) is 0 Å². The molecule has 4 aromatic rings. The first-order chi connectivity index (χ1) is 16.6. The van der Waals surface area contributed by atoms with Gasteiger partial charge in [0.1, 0.15) is 11.3 Å². The van der Waals surface area contributed by atoms with Gasteiger partial charge in [0.25, 0.3) is 5.91 Å². The highest BCUT2D eigenvalue weighted by Gasteiger charge is 2.17. The van der Waals surface area contributed by atoms with Crippen molar-refractivity contribution in [1.82, 2.24) is 5.32 Å². The first-order valence-electron chi connectivity index (χ1n) is 10.8.